The number of primary amides is 1. The minimum absolute atomic E-state index is 0.0302. The SMILES string of the molecule is C=CCOC(=O)N[C@H](C(=O)N[C@@H](CCCNC(N)=O)C(=O)Nc1ccc(CO)c(CN(C)C(=O)O)c1)C(C)C. The number of nitrogens with zero attached hydrogens (tertiary/aromatic N) is 1. The van der Waals surface area contributed by atoms with E-state index < -0.39 is 42.1 Å². The number of aliphatic hydroxyl groups is 1. The topological polar surface area (TPSA) is 212 Å². The predicted molar refractivity (Wildman–Crippen MR) is 143 cm³/mol. The lowest BCUT2D eigenvalue weighted by molar-refractivity contribution is -0.128. The van der Waals surface area contributed by atoms with Crippen LogP contribution < -0.4 is 27.0 Å². The highest BCUT2D eigenvalue weighted by molar-refractivity contribution is 5.98. The number of rotatable bonds is 15. The summed E-state index contributed by atoms with van der Waals surface area (Å²) < 4.78 is 4.89. The van der Waals surface area contributed by atoms with Gasteiger partial charge in [-0.15, -0.1) is 0 Å². The molecule has 1 aromatic rings. The molecule has 14 nitrogen and oxygen atoms in total. The third kappa shape index (κ3) is 11.7. The Labute approximate surface area is 226 Å². The maximum atomic E-state index is 13.2. The Bertz CT molecular complexity index is 1030. The number of carbonyl (C=O) groups excluding carboxylic acids is 4. The zero-order valence-corrected chi connectivity index (χ0v) is 22.4. The molecule has 0 aliphatic carbocycles. The number of nitrogens with one attached hydrogen (secondary N) is 4. The van der Waals surface area contributed by atoms with Gasteiger partial charge in [0.15, 0.2) is 0 Å². The number of carboxylic acid groups (broad SMARTS) is 1. The summed E-state index contributed by atoms with van der Waals surface area (Å²) in [4.78, 5) is 61.5. The minimum Gasteiger partial charge on any atom is -0.465 e. The fourth-order valence-corrected chi connectivity index (χ4v) is 3.44. The van der Waals surface area contributed by atoms with E-state index in [-0.39, 0.29) is 38.6 Å². The highest BCUT2D eigenvalue weighted by Gasteiger charge is 2.29. The van der Waals surface area contributed by atoms with Crippen molar-refractivity contribution >= 4 is 35.7 Å². The molecule has 2 atom stereocenters. The molecule has 0 aromatic heterocycles. The van der Waals surface area contributed by atoms with Crippen molar-refractivity contribution in [2.24, 2.45) is 11.7 Å². The van der Waals surface area contributed by atoms with Gasteiger partial charge in [0, 0.05) is 25.8 Å². The smallest absolute Gasteiger partial charge is 0.408 e. The van der Waals surface area contributed by atoms with Crippen LogP contribution in [0.3, 0.4) is 0 Å². The second-order valence-electron chi connectivity index (χ2n) is 9.02. The van der Waals surface area contributed by atoms with Gasteiger partial charge in [-0.2, -0.15) is 0 Å². The number of carbonyl (C=O) groups is 5. The first-order valence-corrected chi connectivity index (χ1v) is 12.2. The highest BCUT2D eigenvalue weighted by Crippen LogP contribution is 2.19. The summed E-state index contributed by atoms with van der Waals surface area (Å²) >= 11 is 0. The molecule has 0 saturated carbocycles. The lowest BCUT2D eigenvalue weighted by Gasteiger charge is -2.25. The first-order valence-electron chi connectivity index (χ1n) is 12.2. The molecule has 6 amide bonds. The van der Waals surface area contributed by atoms with E-state index in [4.69, 9.17) is 10.5 Å². The van der Waals surface area contributed by atoms with E-state index >= 15 is 0 Å². The summed E-state index contributed by atoms with van der Waals surface area (Å²) in [5, 5.41) is 29.0. The largest absolute Gasteiger partial charge is 0.465 e. The molecule has 0 aliphatic rings. The molecule has 1 aromatic carbocycles. The predicted octanol–water partition coefficient (Wildman–Crippen LogP) is 1.10. The van der Waals surface area contributed by atoms with Crippen molar-refractivity contribution in [2.75, 3.05) is 25.5 Å². The lowest BCUT2D eigenvalue weighted by atomic mass is 10.0. The molecule has 0 aliphatic heterocycles. The molecule has 1 rings (SSSR count). The monoisotopic (exact) mass is 550 g/mol. The van der Waals surface area contributed by atoms with E-state index in [0.29, 0.717) is 23.2 Å². The van der Waals surface area contributed by atoms with Gasteiger partial charge in [-0.25, -0.2) is 14.4 Å². The summed E-state index contributed by atoms with van der Waals surface area (Å²) in [5.74, 6) is -1.56. The summed E-state index contributed by atoms with van der Waals surface area (Å²) in [6, 6.07) is 1.81. The summed E-state index contributed by atoms with van der Waals surface area (Å²) in [5.41, 5.74) is 6.36. The minimum atomic E-state index is -1.16. The molecule has 0 bridgehead atoms. The Morgan fingerprint density at radius 2 is 1.82 bits per heavy atom. The van der Waals surface area contributed by atoms with Crippen LogP contribution in [0.1, 0.15) is 37.8 Å². The molecule has 0 unspecified atom stereocenters. The van der Waals surface area contributed by atoms with E-state index in [9.17, 15) is 34.2 Å². The molecule has 0 heterocycles. The van der Waals surface area contributed by atoms with Gasteiger partial charge < -0.3 is 46.9 Å². The number of amides is 6. The lowest BCUT2D eigenvalue weighted by Crippen LogP contribution is -2.54. The first kappa shape index (κ1) is 32.7. The van der Waals surface area contributed by atoms with Gasteiger partial charge in [0.25, 0.3) is 0 Å². The van der Waals surface area contributed by atoms with Crippen LogP contribution in [-0.2, 0) is 27.5 Å². The Balaban J connectivity index is 3.10. The fourth-order valence-electron chi connectivity index (χ4n) is 3.44. The van der Waals surface area contributed by atoms with Crippen molar-refractivity contribution in [3.8, 4) is 0 Å². The number of nitrogens with two attached hydrogens (primary N) is 1. The molecule has 8 N–H and O–H groups in total. The molecular weight excluding hydrogens is 512 g/mol. The fraction of sp³-hybridized carbons (Fsp3) is 0.480. The zero-order chi connectivity index (χ0) is 29.5. The Morgan fingerprint density at radius 3 is 2.38 bits per heavy atom. The number of ether oxygens (including phenoxy) is 1. The van der Waals surface area contributed by atoms with E-state index in [2.05, 4.69) is 27.8 Å². The molecule has 216 valence electrons. The number of benzene rings is 1. The van der Waals surface area contributed by atoms with Crippen molar-refractivity contribution in [1.82, 2.24) is 20.9 Å². The highest BCUT2D eigenvalue weighted by atomic mass is 16.5. The maximum absolute atomic E-state index is 13.2. The van der Waals surface area contributed by atoms with Gasteiger partial charge in [0.2, 0.25) is 11.8 Å². The number of hydrogen-bond acceptors (Lipinski definition) is 7. The number of urea groups is 1. The van der Waals surface area contributed by atoms with E-state index in [1.165, 1.54) is 25.3 Å². The van der Waals surface area contributed by atoms with Gasteiger partial charge in [-0.3, -0.25) is 9.59 Å². The van der Waals surface area contributed by atoms with Crippen molar-refractivity contribution in [1.29, 1.82) is 0 Å². The van der Waals surface area contributed by atoms with Gasteiger partial charge in [-0.05, 0) is 42.0 Å². The Kier molecular flexibility index (Phi) is 13.8. The van der Waals surface area contributed by atoms with Crippen molar-refractivity contribution in [3.05, 3.63) is 42.0 Å². The van der Waals surface area contributed by atoms with E-state index in [0.717, 1.165) is 4.90 Å². The van der Waals surface area contributed by atoms with Gasteiger partial charge >= 0.3 is 18.2 Å². The van der Waals surface area contributed by atoms with Crippen LogP contribution in [0, 0.1) is 5.92 Å². The molecular formula is C25H38N6O8. The van der Waals surface area contributed by atoms with Crippen LogP contribution in [-0.4, -0.2) is 77.4 Å². The molecule has 0 fully saturated rings. The molecule has 0 radical (unpaired) electrons. The second-order valence-corrected chi connectivity index (χ2v) is 9.02. The average Bonchev–Trinajstić information content (AvgIpc) is 2.87. The van der Waals surface area contributed by atoms with Gasteiger partial charge in [0.1, 0.15) is 18.7 Å². The van der Waals surface area contributed by atoms with Crippen LogP contribution in [0.15, 0.2) is 30.9 Å². The first-order chi connectivity index (χ1) is 18.4. The number of alkyl carbamates (subject to hydrolysis) is 1. The molecule has 14 heteroatoms. The Hall–Kier alpha value is -4.33. The summed E-state index contributed by atoms with van der Waals surface area (Å²) in [7, 11) is 1.37. The zero-order valence-electron chi connectivity index (χ0n) is 22.4. The standard InChI is InChI=1S/C25H38N6O8/c1-5-11-39-24(36)30-20(15(2)3)22(34)29-19(7-6-10-27-23(26)35)21(33)28-18-9-8-16(14-32)17(12-18)13-31(4)25(37)38/h5,8-9,12,15,19-20,32H,1,6-7,10-11,13-14H2,2-4H3,(H,28,33)(H,29,34)(H,30,36)(H,37,38)(H3,26,27,35)/t19-,20-/m0/s1. The molecule has 39 heavy (non-hydrogen) atoms. The normalized spacial score (nSPS) is 12.0. The number of hydrogen-bond donors (Lipinski definition) is 7. The van der Waals surface area contributed by atoms with Crippen LogP contribution in [0.2, 0.25) is 0 Å². The third-order valence-corrected chi connectivity index (χ3v) is 5.53. The van der Waals surface area contributed by atoms with E-state index in [1.54, 1.807) is 19.9 Å². The van der Waals surface area contributed by atoms with Crippen LogP contribution in [0.5, 0.6) is 0 Å². The van der Waals surface area contributed by atoms with Gasteiger partial charge in [0.05, 0.1) is 6.61 Å². The van der Waals surface area contributed by atoms with Crippen LogP contribution in [0.25, 0.3) is 0 Å². The quantitative estimate of drug-likeness (QED) is 0.124. The molecule has 0 saturated heterocycles. The van der Waals surface area contributed by atoms with E-state index in [1.807, 2.05) is 0 Å². The maximum Gasteiger partial charge on any atom is 0.408 e. The molecule has 0 spiro atoms. The van der Waals surface area contributed by atoms with Crippen molar-refractivity contribution in [2.45, 2.75) is 51.9 Å². The van der Waals surface area contributed by atoms with Crippen molar-refractivity contribution < 1.29 is 38.9 Å². The van der Waals surface area contributed by atoms with Gasteiger partial charge in [-0.1, -0.05) is 32.6 Å². The summed E-state index contributed by atoms with van der Waals surface area (Å²) in [6.45, 7) is 6.63. The van der Waals surface area contributed by atoms with Crippen LogP contribution >= 0.6 is 0 Å². The Morgan fingerprint density at radius 1 is 1.13 bits per heavy atom. The third-order valence-electron chi connectivity index (χ3n) is 5.53. The van der Waals surface area contributed by atoms with Crippen molar-refractivity contribution in [3.63, 3.8) is 0 Å². The number of anilines is 1. The second kappa shape index (κ2) is 16.5. The average molecular weight is 551 g/mol. The number of aliphatic hydroxyl groups excluding tert-OH is 1. The van der Waals surface area contributed by atoms with Crippen LogP contribution in [0.4, 0.5) is 20.1 Å². The summed E-state index contributed by atoms with van der Waals surface area (Å²) in [6.07, 6.45) is -0.198.